The van der Waals surface area contributed by atoms with Crippen molar-refractivity contribution in [1.29, 1.82) is 0 Å². The van der Waals surface area contributed by atoms with E-state index in [2.05, 4.69) is 4.98 Å². The summed E-state index contributed by atoms with van der Waals surface area (Å²) in [5, 5.41) is 9.07. The van der Waals surface area contributed by atoms with Gasteiger partial charge in [0.1, 0.15) is 6.26 Å². The largest absolute Gasteiger partial charge is 0.476 e. The molecule has 0 aliphatic heterocycles. The lowest BCUT2D eigenvalue weighted by Gasteiger charge is -2.03. The van der Waals surface area contributed by atoms with Crippen LogP contribution in [0.1, 0.15) is 21.6 Å². The third-order valence-electron chi connectivity index (χ3n) is 2.24. The summed E-state index contributed by atoms with van der Waals surface area (Å²) >= 11 is 1.33. The molecule has 0 aliphatic rings. The van der Waals surface area contributed by atoms with E-state index in [0.29, 0.717) is 5.22 Å². The molecule has 1 aromatic heterocycles. The SMILES string of the molecule is Cc1ccc(C)c(Sc2nc(C(=O)O)co2)c1. The van der Waals surface area contributed by atoms with Gasteiger partial charge in [-0.2, -0.15) is 4.98 Å². The number of oxazole rings is 1. The first-order valence-electron chi connectivity index (χ1n) is 5.00. The number of aromatic carboxylic acids is 1. The molecule has 88 valence electrons. The molecule has 0 bridgehead atoms. The van der Waals surface area contributed by atoms with E-state index in [4.69, 9.17) is 9.52 Å². The van der Waals surface area contributed by atoms with Crippen LogP contribution in [0.5, 0.6) is 0 Å². The van der Waals surface area contributed by atoms with Gasteiger partial charge < -0.3 is 9.52 Å². The van der Waals surface area contributed by atoms with Gasteiger partial charge in [0.2, 0.25) is 0 Å². The van der Waals surface area contributed by atoms with Crippen LogP contribution in [0.15, 0.2) is 39.0 Å². The zero-order valence-electron chi connectivity index (χ0n) is 9.43. The van der Waals surface area contributed by atoms with Crippen LogP contribution in [0, 0.1) is 13.8 Å². The maximum atomic E-state index is 10.7. The number of rotatable bonds is 3. The topological polar surface area (TPSA) is 63.3 Å². The molecular formula is C12H11NO3S. The van der Waals surface area contributed by atoms with Gasteiger partial charge in [-0.05, 0) is 42.8 Å². The minimum Gasteiger partial charge on any atom is -0.476 e. The molecule has 0 radical (unpaired) electrons. The average molecular weight is 249 g/mol. The first kappa shape index (κ1) is 11.7. The molecule has 1 heterocycles. The first-order chi connectivity index (χ1) is 8.06. The number of benzene rings is 1. The van der Waals surface area contributed by atoms with Crippen LogP contribution in [0.4, 0.5) is 0 Å². The number of aryl methyl sites for hydroxylation is 2. The monoisotopic (exact) mass is 249 g/mol. The van der Waals surface area contributed by atoms with Crippen molar-refractivity contribution in [1.82, 2.24) is 4.98 Å². The molecule has 0 fully saturated rings. The molecule has 4 nitrogen and oxygen atoms in total. The minimum atomic E-state index is -1.08. The zero-order chi connectivity index (χ0) is 12.4. The van der Waals surface area contributed by atoms with Crippen molar-refractivity contribution in [3.8, 4) is 0 Å². The Bertz CT molecular complexity index is 563. The second kappa shape index (κ2) is 4.63. The predicted molar refractivity (Wildman–Crippen MR) is 63.5 cm³/mol. The summed E-state index contributed by atoms with van der Waals surface area (Å²) in [4.78, 5) is 15.5. The van der Waals surface area contributed by atoms with Crippen LogP contribution < -0.4 is 0 Å². The van der Waals surface area contributed by atoms with E-state index in [1.807, 2.05) is 32.0 Å². The molecule has 0 amide bonds. The lowest BCUT2D eigenvalue weighted by molar-refractivity contribution is 0.0690. The Balaban J connectivity index is 2.25. The molecule has 1 aromatic carbocycles. The lowest BCUT2D eigenvalue weighted by Crippen LogP contribution is -1.95. The van der Waals surface area contributed by atoms with Gasteiger partial charge in [0, 0.05) is 4.90 Å². The fourth-order valence-electron chi connectivity index (χ4n) is 1.31. The van der Waals surface area contributed by atoms with E-state index in [-0.39, 0.29) is 5.69 Å². The molecule has 0 aliphatic carbocycles. The quantitative estimate of drug-likeness (QED) is 0.905. The molecule has 0 saturated carbocycles. The maximum Gasteiger partial charge on any atom is 0.357 e. The Hall–Kier alpha value is -1.75. The summed E-state index contributed by atoms with van der Waals surface area (Å²) in [5.74, 6) is -1.08. The van der Waals surface area contributed by atoms with E-state index in [1.165, 1.54) is 11.8 Å². The molecule has 2 aromatic rings. The van der Waals surface area contributed by atoms with Crippen molar-refractivity contribution in [3.05, 3.63) is 41.3 Å². The summed E-state index contributed by atoms with van der Waals surface area (Å²) < 4.78 is 5.10. The summed E-state index contributed by atoms with van der Waals surface area (Å²) in [6.07, 6.45) is 1.15. The molecule has 5 heteroatoms. The second-order valence-corrected chi connectivity index (χ2v) is 4.67. The molecule has 0 saturated heterocycles. The summed E-state index contributed by atoms with van der Waals surface area (Å²) in [6, 6.07) is 6.06. The molecule has 0 atom stereocenters. The average Bonchev–Trinajstić information content (AvgIpc) is 2.72. The van der Waals surface area contributed by atoms with Crippen molar-refractivity contribution in [2.24, 2.45) is 0 Å². The third-order valence-corrected chi connectivity index (χ3v) is 3.27. The molecule has 0 unspecified atom stereocenters. The van der Waals surface area contributed by atoms with Gasteiger partial charge in [0.15, 0.2) is 5.69 Å². The van der Waals surface area contributed by atoms with Crippen molar-refractivity contribution in [2.75, 3.05) is 0 Å². The Kier molecular flexibility index (Phi) is 3.19. The standard InChI is InChI=1S/C12H11NO3S/c1-7-3-4-8(2)10(5-7)17-12-13-9(6-16-12)11(14)15/h3-6H,1-2H3,(H,14,15). The highest BCUT2D eigenvalue weighted by Gasteiger charge is 2.12. The van der Waals surface area contributed by atoms with Gasteiger partial charge >= 0.3 is 5.97 Å². The number of hydrogen-bond donors (Lipinski definition) is 1. The highest BCUT2D eigenvalue weighted by Crippen LogP contribution is 2.30. The number of carbonyl (C=O) groups is 1. The first-order valence-corrected chi connectivity index (χ1v) is 5.82. The van der Waals surface area contributed by atoms with E-state index in [0.717, 1.165) is 22.3 Å². The number of carboxylic acids is 1. The Morgan fingerprint density at radius 1 is 1.41 bits per heavy atom. The second-order valence-electron chi connectivity index (χ2n) is 3.67. The number of nitrogens with zero attached hydrogens (tertiary/aromatic N) is 1. The van der Waals surface area contributed by atoms with Crippen LogP contribution in [0.2, 0.25) is 0 Å². The molecule has 1 N–H and O–H groups in total. The van der Waals surface area contributed by atoms with Gasteiger partial charge in [-0.1, -0.05) is 12.1 Å². The minimum absolute atomic E-state index is 0.0715. The van der Waals surface area contributed by atoms with Gasteiger partial charge in [0.25, 0.3) is 5.22 Å². The molecular weight excluding hydrogens is 238 g/mol. The highest BCUT2D eigenvalue weighted by atomic mass is 32.2. The van der Waals surface area contributed by atoms with Crippen LogP contribution in [-0.4, -0.2) is 16.1 Å². The Morgan fingerprint density at radius 2 is 2.18 bits per heavy atom. The zero-order valence-corrected chi connectivity index (χ0v) is 10.2. The highest BCUT2D eigenvalue weighted by molar-refractivity contribution is 7.99. The van der Waals surface area contributed by atoms with Gasteiger partial charge in [-0.15, -0.1) is 0 Å². The van der Waals surface area contributed by atoms with E-state index >= 15 is 0 Å². The number of hydrogen-bond acceptors (Lipinski definition) is 4. The van der Waals surface area contributed by atoms with Crippen molar-refractivity contribution in [2.45, 2.75) is 24.0 Å². The molecule has 0 spiro atoms. The van der Waals surface area contributed by atoms with Crippen molar-refractivity contribution in [3.63, 3.8) is 0 Å². The number of aromatic nitrogens is 1. The fraction of sp³-hybridized carbons (Fsp3) is 0.167. The fourth-order valence-corrected chi connectivity index (χ4v) is 2.22. The number of carboxylic acid groups (broad SMARTS) is 1. The smallest absolute Gasteiger partial charge is 0.357 e. The summed E-state index contributed by atoms with van der Waals surface area (Å²) in [5.41, 5.74) is 2.18. The predicted octanol–water partition coefficient (Wildman–Crippen LogP) is 3.14. The van der Waals surface area contributed by atoms with Crippen LogP contribution in [0.3, 0.4) is 0 Å². The maximum absolute atomic E-state index is 10.7. The van der Waals surface area contributed by atoms with E-state index < -0.39 is 5.97 Å². The van der Waals surface area contributed by atoms with Crippen molar-refractivity contribution < 1.29 is 14.3 Å². The normalized spacial score (nSPS) is 10.5. The van der Waals surface area contributed by atoms with Crippen LogP contribution in [-0.2, 0) is 0 Å². The van der Waals surface area contributed by atoms with Gasteiger partial charge in [-0.3, -0.25) is 0 Å². The lowest BCUT2D eigenvalue weighted by atomic mass is 10.2. The molecule has 17 heavy (non-hydrogen) atoms. The molecule has 2 rings (SSSR count). The summed E-state index contributed by atoms with van der Waals surface area (Å²) in [7, 11) is 0. The Morgan fingerprint density at radius 3 is 2.82 bits per heavy atom. The van der Waals surface area contributed by atoms with Gasteiger partial charge in [-0.25, -0.2) is 4.79 Å². The van der Waals surface area contributed by atoms with E-state index in [1.54, 1.807) is 0 Å². The van der Waals surface area contributed by atoms with Gasteiger partial charge in [0.05, 0.1) is 0 Å². The van der Waals surface area contributed by atoms with Crippen molar-refractivity contribution >= 4 is 17.7 Å². The Labute approximate surface area is 103 Å². The van der Waals surface area contributed by atoms with Crippen LogP contribution >= 0.6 is 11.8 Å². The summed E-state index contributed by atoms with van der Waals surface area (Å²) in [6.45, 7) is 3.99. The van der Waals surface area contributed by atoms with E-state index in [9.17, 15) is 4.79 Å². The van der Waals surface area contributed by atoms with Crippen LogP contribution in [0.25, 0.3) is 0 Å². The third kappa shape index (κ3) is 2.68.